The Morgan fingerprint density at radius 3 is 2.24 bits per heavy atom. The van der Waals surface area contributed by atoms with E-state index in [1.807, 2.05) is 0 Å². The molecule has 2 amide bonds. The molecular formula is C22H23N3O9. The van der Waals surface area contributed by atoms with Gasteiger partial charge < -0.3 is 41.5 Å². The van der Waals surface area contributed by atoms with E-state index in [2.05, 4.69) is 10.6 Å². The fraction of sp³-hybridized carbons (Fsp3) is 0.273. The number of amides is 2. The van der Waals surface area contributed by atoms with Gasteiger partial charge >= 0.3 is 11.9 Å². The second-order valence-electron chi connectivity index (χ2n) is 7.73. The number of phenolic OH excluding ortho intramolecular Hbond substituents is 1. The normalized spacial score (nSPS) is 22.0. The number of rotatable bonds is 3. The van der Waals surface area contributed by atoms with Crippen LogP contribution >= 0.6 is 0 Å². The number of hydrogen-bond acceptors (Lipinski definition) is 8. The molecule has 2 aromatic carbocycles. The number of nitrogens with two attached hydrogens (primary N) is 1. The van der Waals surface area contributed by atoms with Crippen molar-refractivity contribution in [3.05, 3.63) is 53.6 Å². The summed E-state index contributed by atoms with van der Waals surface area (Å²) in [6.07, 6.45) is -2.64. The molecule has 8 N–H and O–H groups in total. The summed E-state index contributed by atoms with van der Waals surface area (Å²) in [5, 5.41) is 43.0. The Morgan fingerprint density at radius 2 is 1.62 bits per heavy atom. The third-order valence-corrected chi connectivity index (χ3v) is 5.17. The highest BCUT2D eigenvalue weighted by Crippen LogP contribution is 2.32. The van der Waals surface area contributed by atoms with Crippen LogP contribution < -0.4 is 21.1 Å². The van der Waals surface area contributed by atoms with E-state index >= 15 is 0 Å². The van der Waals surface area contributed by atoms with Crippen molar-refractivity contribution in [3.8, 4) is 17.2 Å². The molecule has 0 spiro atoms. The highest BCUT2D eigenvalue weighted by atomic mass is 16.5. The van der Waals surface area contributed by atoms with Crippen molar-refractivity contribution in [3.63, 3.8) is 0 Å². The monoisotopic (exact) mass is 473 g/mol. The van der Waals surface area contributed by atoms with Crippen molar-refractivity contribution in [2.45, 2.75) is 37.1 Å². The zero-order valence-electron chi connectivity index (χ0n) is 17.7. The minimum Gasteiger partial charge on any atom is -0.504 e. The summed E-state index contributed by atoms with van der Waals surface area (Å²) in [5.74, 6) is -5.14. The number of hydrogen-bond donors (Lipinski definition) is 7. The number of aliphatic hydroxyl groups is 1. The van der Waals surface area contributed by atoms with Gasteiger partial charge in [-0.15, -0.1) is 0 Å². The summed E-state index contributed by atoms with van der Waals surface area (Å²) in [4.78, 5) is 48.3. The van der Waals surface area contributed by atoms with Gasteiger partial charge in [0.2, 0.25) is 11.8 Å². The highest BCUT2D eigenvalue weighted by molar-refractivity contribution is 5.95. The zero-order valence-corrected chi connectivity index (χ0v) is 17.7. The molecule has 0 saturated carbocycles. The zero-order chi connectivity index (χ0) is 25.0. The summed E-state index contributed by atoms with van der Waals surface area (Å²) in [6.45, 7) is 0. The second kappa shape index (κ2) is 10.2. The SMILES string of the molecule is NC1Cc2ccc(O)c(c2)Oc2ccc(cc2)CC(C(=O)O)NC(=O)C(C(O)C(=O)O)NC1=O. The predicted molar refractivity (Wildman–Crippen MR) is 115 cm³/mol. The minimum absolute atomic E-state index is 0.0848. The molecule has 12 heteroatoms. The number of nitrogens with one attached hydrogen (secondary N) is 2. The molecule has 2 aliphatic heterocycles. The maximum atomic E-state index is 12.7. The third kappa shape index (κ3) is 5.79. The number of carbonyl (C=O) groups excluding carboxylic acids is 2. The Hall–Kier alpha value is -4.16. The predicted octanol–water partition coefficient (Wildman–Crippen LogP) is -0.890. The topological polar surface area (TPSA) is 209 Å². The number of carboxylic acid groups (broad SMARTS) is 2. The molecule has 12 nitrogen and oxygen atoms in total. The average Bonchev–Trinajstić information content (AvgIpc) is 2.79. The van der Waals surface area contributed by atoms with E-state index in [1.165, 1.54) is 30.3 Å². The molecule has 2 aromatic rings. The maximum Gasteiger partial charge on any atom is 0.335 e. The Balaban J connectivity index is 2.02. The third-order valence-electron chi connectivity index (χ3n) is 5.17. The number of fused-ring (bicyclic) bond motifs is 10. The molecule has 4 rings (SSSR count). The Morgan fingerprint density at radius 1 is 0.971 bits per heavy atom. The molecule has 0 radical (unpaired) electrons. The van der Waals surface area contributed by atoms with Crippen LogP contribution in [0.25, 0.3) is 0 Å². The standard InChI is InChI=1S/C22H23N3O9/c23-13-7-11-3-6-15(26)16(9-11)34-12-4-1-10(2-5-12)8-14(21(30)31)24-20(29)17(25-19(13)28)18(27)22(32)33/h1-6,9,13-14,17-18,26-27H,7-8,23H2,(H,24,29)(H,25,28)(H,30,31)(H,32,33). The van der Waals surface area contributed by atoms with E-state index in [0.717, 1.165) is 0 Å². The van der Waals surface area contributed by atoms with E-state index in [4.69, 9.17) is 15.6 Å². The lowest BCUT2D eigenvalue weighted by Gasteiger charge is -2.24. The van der Waals surface area contributed by atoms with Crippen LogP contribution in [0.15, 0.2) is 42.5 Å². The number of carboxylic acids is 2. The van der Waals surface area contributed by atoms with Gasteiger partial charge in [0.05, 0.1) is 6.04 Å². The maximum absolute atomic E-state index is 12.7. The first-order chi connectivity index (χ1) is 16.0. The number of carbonyl (C=O) groups is 4. The van der Waals surface area contributed by atoms with Crippen LogP contribution in [0, 0.1) is 0 Å². The lowest BCUT2D eigenvalue weighted by Crippen LogP contribution is -2.60. The van der Waals surface area contributed by atoms with Crippen molar-refractivity contribution >= 4 is 23.8 Å². The summed E-state index contributed by atoms with van der Waals surface area (Å²) < 4.78 is 5.68. The van der Waals surface area contributed by atoms with Gasteiger partial charge in [0, 0.05) is 6.42 Å². The first-order valence-corrected chi connectivity index (χ1v) is 10.1. The fourth-order valence-electron chi connectivity index (χ4n) is 3.32. The summed E-state index contributed by atoms with van der Waals surface area (Å²) >= 11 is 0. The molecule has 180 valence electrons. The van der Waals surface area contributed by atoms with Gasteiger partial charge in [-0.05, 0) is 41.8 Å². The van der Waals surface area contributed by atoms with E-state index < -0.39 is 48.0 Å². The molecule has 0 aliphatic carbocycles. The Labute approximate surface area is 193 Å². The van der Waals surface area contributed by atoms with Gasteiger partial charge in [0.15, 0.2) is 17.6 Å². The van der Waals surface area contributed by atoms with Gasteiger partial charge in [-0.3, -0.25) is 9.59 Å². The van der Waals surface area contributed by atoms with E-state index in [0.29, 0.717) is 16.9 Å². The van der Waals surface area contributed by atoms with Gasteiger partial charge in [-0.25, -0.2) is 9.59 Å². The minimum atomic E-state index is -2.36. The Bertz CT molecular complexity index is 1100. The van der Waals surface area contributed by atoms with Crippen LogP contribution in [0.5, 0.6) is 17.2 Å². The van der Waals surface area contributed by atoms with E-state index in [9.17, 15) is 34.5 Å². The summed E-state index contributed by atoms with van der Waals surface area (Å²) in [7, 11) is 0. The van der Waals surface area contributed by atoms with Crippen LogP contribution in [0.2, 0.25) is 0 Å². The highest BCUT2D eigenvalue weighted by Gasteiger charge is 2.36. The quantitative estimate of drug-likeness (QED) is 0.292. The smallest absolute Gasteiger partial charge is 0.335 e. The lowest BCUT2D eigenvalue weighted by molar-refractivity contribution is -0.152. The lowest BCUT2D eigenvalue weighted by atomic mass is 10.0. The summed E-state index contributed by atoms with van der Waals surface area (Å²) in [6, 6.07) is 5.71. The number of aromatic hydroxyl groups is 1. The van der Waals surface area contributed by atoms with Crippen molar-refractivity contribution < 1.29 is 44.3 Å². The van der Waals surface area contributed by atoms with Crippen molar-refractivity contribution in [1.29, 1.82) is 0 Å². The first kappa shape index (κ1) is 24.5. The van der Waals surface area contributed by atoms with Crippen LogP contribution in [0.4, 0.5) is 0 Å². The second-order valence-corrected chi connectivity index (χ2v) is 7.73. The van der Waals surface area contributed by atoms with Gasteiger partial charge in [-0.2, -0.15) is 0 Å². The average molecular weight is 473 g/mol. The van der Waals surface area contributed by atoms with Crippen molar-refractivity contribution in [1.82, 2.24) is 10.6 Å². The molecular weight excluding hydrogens is 450 g/mol. The van der Waals surface area contributed by atoms with E-state index in [-0.39, 0.29) is 24.3 Å². The van der Waals surface area contributed by atoms with Crippen LogP contribution in [-0.4, -0.2) is 68.4 Å². The number of benzene rings is 2. The molecule has 2 aliphatic rings. The fourth-order valence-corrected chi connectivity index (χ4v) is 3.32. The van der Waals surface area contributed by atoms with Gasteiger partial charge in [-0.1, -0.05) is 18.2 Å². The van der Waals surface area contributed by atoms with Crippen molar-refractivity contribution in [2.75, 3.05) is 0 Å². The van der Waals surface area contributed by atoms with Crippen molar-refractivity contribution in [2.24, 2.45) is 5.73 Å². The van der Waals surface area contributed by atoms with Gasteiger partial charge in [0.25, 0.3) is 0 Å². The number of ether oxygens (including phenoxy) is 1. The molecule has 0 saturated heterocycles. The number of aliphatic hydroxyl groups excluding tert-OH is 1. The molecule has 4 bridgehead atoms. The molecule has 4 atom stereocenters. The molecule has 34 heavy (non-hydrogen) atoms. The first-order valence-electron chi connectivity index (χ1n) is 10.1. The van der Waals surface area contributed by atoms with Gasteiger partial charge in [0.1, 0.15) is 17.8 Å². The van der Waals surface area contributed by atoms with E-state index in [1.54, 1.807) is 12.1 Å². The number of phenols is 1. The number of aliphatic carboxylic acids is 2. The summed E-state index contributed by atoms with van der Waals surface area (Å²) in [5.41, 5.74) is 6.88. The molecule has 0 fully saturated rings. The van der Waals surface area contributed by atoms with Crippen LogP contribution in [0.1, 0.15) is 11.1 Å². The molecule has 4 unspecified atom stereocenters. The van der Waals surface area contributed by atoms with Crippen LogP contribution in [0.3, 0.4) is 0 Å². The van der Waals surface area contributed by atoms with Crippen LogP contribution in [-0.2, 0) is 32.0 Å². The Kier molecular flexibility index (Phi) is 7.34. The largest absolute Gasteiger partial charge is 0.504 e. The molecule has 2 heterocycles. The molecule has 0 aromatic heterocycles.